The summed E-state index contributed by atoms with van der Waals surface area (Å²) in [5.74, 6) is -1.44. The van der Waals surface area contributed by atoms with Gasteiger partial charge >= 0.3 is 5.97 Å². The zero-order chi connectivity index (χ0) is 19.0. The number of ketones is 1. The Hall–Kier alpha value is -2.68. The number of benzene rings is 1. The molecule has 0 aliphatic heterocycles. The van der Waals surface area contributed by atoms with Crippen LogP contribution in [0.15, 0.2) is 30.3 Å². The lowest BCUT2D eigenvalue weighted by Gasteiger charge is -2.28. The van der Waals surface area contributed by atoms with Crippen molar-refractivity contribution in [1.82, 2.24) is 5.32 Å². The fourth-order valence-corrected chi connectivity index (χ4v) is 1.95. The highest BCUT2D eigenvalue weighted by Crippen LogP contribution is 2.15. The van der Waals surface area contributed by atoms with Crippen molar-refractivity contribution in [2.75, 3.05) is 0 Å². The number of nitriles is 1. The molecule has 1 N–H and O–H groups in total. The first-order chi connectivity index (χ1) is 11.7. The van der Waals surface area contributed by atoms with Crippen LogP contribution in [0.1, 0.15) is 50.9 Å². The number of rotatable bonds is 8. The molecule has 2 atom stereocenters. The third-order valence-electron chi connectivity index (χ3n) is 4.10. The molecule has 25 heavy (non-hydrogen) atoms. The predicted molar refractivity (Wildman–Crippen MR) is 92.6 cm³/mol. The highest BCUT2D eigenvalue weighted by atomic mass is 16.5. The van der Waals surface area contributed by atoms with Crippen LogP contribution in [-0.2, 0) is 14.3 Å². The maximum Gasteiger partial charge on any atom is 0.307 e. The summed E-state index contributed by atoms with van der Waals surface area (Å²) in [7, 11) is 0. The maximum absolute atomic E-state index is 12.1. The molecule has 0 spiro atoms. The lowest BCUT2D eigenvalue weighted by atomic mass is 9.90. The quantitative estimate of drug-likeness (QED) is 0.577. The Morgan fingerprint density at radius 3 is 2.28 bits per heavy atom. The molecule has 0 radical (unpaired) electrons. The van der Waals surface area contributed by atoms with Gasteiger partial charge in [0.2, 0.25) is 0 Å². The van der Waals surface area contributed by atoms with Gasteiger partial charge in [-0.3, -0.25) is 14.4 Å². The average molecular weight is 344 g/mol. The Labute approximate surface area is 148 Å². The number of hydrogen-bond acceptors (Lipinski definition) is 5. The highest BCUT2D eigenvalue weighted by molar-refractivity contribution is 5.97. The molecule has 0 aliphatic rings. The minimum Gasteiger partial charge on any atom is -0.453 e. The number of amides is 1. The van der Waals surface area contributed by atoms with Crippen LogP contribution in [0.25, 0.3) is 0 Å². The van der Waals surface area contributed by atoms with Crippen LogP contribution < -0.4 is 5.32 Å². The van der Waals surface area contributed by atoms with Crippen LogP contribution in [0.4, 0.5) is 0 Å². The van der Waals surface area contributed by atoms with E-state index in [1.165, 1.54) is 6.92 Å². The number of ether oxygens (including phenoxy) is 1. The van der Waals surface area contributed by atoms with Crippen molar-refractivity contribution in [3.05, 3.63) is 35.9 Å². The fourth-order valence-electron chi connectivity index (χ4n) is 1.95. The van der Waals surface area contributed by atoms with Gasteiger partial charge in [-0.2, -0.15) is 5.26 Å². The molecule has 0 saturated heterocycles. The van der Waals surface area contributed by atoms with E-state index in [0.717, 1.165) is 0 Å². The topological polar surface area (TPSA) is 96.3 Å². The van der Waals surface area contributed by atoms with Gasteiger partial charge in [-0.05, 0) is 19.8 Å². The molecule has 0 aliphatic carbocycles. The first-order valence-corrected chi connectivity index (χ1v) is 8.20. The SMILES string of the molecule is CC(C)[C@](C)(C#N)NC(=O)[C@@H](C)OC(=O)CCC(=O)c1ccccc1. The molecule has 0 bridgehead atoms. The smallest absolute Gasteiger partial charge is 0.307 e. The van der Waals surface area contributed by atoms with Crippen LogP contribution in [0.2, 0.25) is 0 Å². The van der Waals surface area contributed by atoms with Crippen LogP contribution in [-0.4, -0.2) is 29.3 Å². The highest BCUT2D eigenvalue weighted by Gasteiger charge is 2.32. The van der Waals surface area contributed by atoms with Crippen LogP contribution in [0.3, 0.4) is 0 Å². The molecular weight excluding hydrogens is 320 g/mol. The normalized spacial score (nSPS) is 14.1. The van der Waals surface area contributed by atoms with E-state index in [1.54, 1.807) is 37.3 Å². The first-order valence-electron chi connectivity index (χ1n) is 8.20. The first kappa shape index (κ1) is 20.4. The van der Waals surface area contributed by atoms with Crippen molar-refractivity contribution in [3.8, 4) is 6.07 Å². The van der Waals surface area contributed by atoms with Crippen LogP contribution >= 0.6 is 0 Å². The molecule has 0 saturated carbocycles. The van der Waals surface area contributed by atoms with Gasteiger partial charge in [0.05, 0.1) is 12.5 Å². The predicted octanol–water partition coefficient (Wildman–Crippen LogP) is 2.64. The molecule has 0 heterocycles. The summed E-state index contributed by atoms with van der Waals surface area (Å²) in [4.78, 5) is 35.9. The number of hydrogen-bond donors (Lipinski definition) is 1. The van der Waals surface area contributed by atoms with Gasteiger partial charge in [-0.1, -0.05) is 44.2 Å². The van der Waals surface area contributed by atoms with Crippen LogP contribution in [0.5, 0.6) is 0 Å². The molecule has 0 unspecified atom stereocenters. The molecule has 6 nitrogen and oxygen atoms in total. The minimum atomic E-state index is -1.04. The molecule has 1 rings (SSSR count). The molecule has 0 aromatic heterocycles. The van der Waals surface area contributed by atoms with Crippen molar-refractivity contribution in [3.63, 3.8) is 0 Å². The number of carbonyl (C=O) groups excluding carboxylic acids is 3. The summed E-state index contributed by atoms with van der Waals surface area (Å²) in [5, 5.41) is 11.8. The summed E-state index contributed by atoms with van der Waals surface area (Å²) in [6.07, 6.45) is -1.13. The summed E-state index contributed by atoms with van der Waals surface area (Å²) < 4.78 is 5.06. The molecule has 6 heteroatoms. The van der Waals surface area contributed by atoms with E-state index in [2.05, 4.69) is 11.4 Å². The van der Waals surface area contributed by atoms with Gasteiger partial charge in [0.1, 0.15) is 5.54 Å². The second-order valence-electron chi connectivity index (χ2n) is 6.38. The van der Waals surface area contributed by atoms with Gasteiger partial charge in [0, 0.05) is 12.0 Å². The summed E-state index contributed by atoms with van der Waals surface area (Å²) in [6, 6.07) is 10.7. The summed E-state index contributed by atoms with van der Waals surface area (Å²) in [5.41, 5.74) is -0.510. The van der Waals surface area contributed by atoms with E-state index in [4.69, 9.17) is 4.74 Å². The molecule has 1 aromatic rings. The lowest BCUT2D eigenvalue weighted by molar-refractivity contribution is -0.155. The number of carbonyl (C=O) groups is 3. The van der Waals surface area contributed by atoms with Gasteiger partial charge in [-0.25, -0.2) is 0 Å². The van der Waals surface area contributed by atoms with Crippen molar-refractivity contribution in [1.29, 1.82) is 5.26 Å². The van der Waals surface area contributed by atoms with Gasteiger partial charge in [-0.15, -0.1) is 0 Å². The number of nitrogens with zero attached hydrogens (tertiary/aromatic N) is 1. The number of Topliss-reactive ketones (excluding diaryl/α,β-unsaturated/α-hetero) is 1. The Morgan fingerprint density at radius 2 is 1.76 bits per heavy atom. The maximum atomic E-state index is 12.1. The fraction of sp³-hybridized carbons (Fsp3) is 0.474. The minimum absolute atomic E-state index is 0.0130. The Balaban J connectivity index is 2.50. The molecule has 134 valence electrons. The third kappa shape index (κ3) is 6.03. The zero-order valence-corrected chi connectivity index (χ0v) is 15.0. The Bertz CT molecular complexity index is 664. The van der Waals surface area contributed by atoms with E-state index in [0.29, 0.717) is 5.56 Å². The van der Waals surface area contributed by atoms with E-state index < -0.39 is 23.5 Å². The van der Waals surface area contributed by atoms with Crippen molar-refractivity contribution >= 4 is 17.7 Å². The van der Waals surface area contributed by atoms with E-state index in [-0.39, 0.29) is 24.5 Å². The molecule has 1 aromatic carbocycles. The number of esters is 1. The summed E-state index contributed by atoms with van der Waals surface area (Å²) in [6.45, 7) is 6.68. The lowest BCUT2D eigenvalue weighted by Crippen LogP contribution is -2.52. The van der Waals surface area contributed by atoms with E-state index in [1.807, 2.05) is 13.8 Å². The largest absolute Gasteiger partial charge is 0.453 e. The second kappa shape index (κ2) is 8.97. The van der Waals surface area contributed by atoms with Gasteiger partial charge in [0.25, 0.3) is 5.91 Å². The summed E-state index contributed by atoms with van der Waals surface area (Å²) >= 11 is 0. The van der Waals surface area contributed by atoms with E-state index in [9.17, 15) is 19.6 Å². The Morgan fingerprint density at radius 1 is 1.16 bits per heavy atom. The Kier molecular flexibility index (Phi) is 7.31. The molecular formula is C19H24N2O4. The second-order valence-corrected chi connectivity index (χ2v) is 6.38. The average Bonchev–Trinajstić information content (AvgIpc) is 2.59. The van der Waals surface area contributed by atoms with Gasteiger partial charge in [0.15, 0.2) is 11.9 Å². The van der Waals surface area contributed by atoms with Crippen LogP contribution in [0, 0.1) is 17.2 Å². The van der Waals surface area contributed by atoms with Crippen molar-refractivity contribution in [2.45, 2.75) is 52.2 Å². The molecule has 1 amide bonds. The zero-order valence-electron chi connectivity index (χ0n) is 15.0. The molecule has 0 fully saturated rings. The van der Waals surface area contributed by atoms with Crippen molar-refractivity contribution < 1.29 is 19.1 Å². The van der Waals surface area contributed by atoms with E-state index >= 15 is 0 Å². The third-order valence-corrected chi connectivity index (χ3v) is 4.10. The monoisotopic (exact) mass is 344 g/mol. The standard InChI is InChI=1S/C19H24N2O4/c1-13(2)19(4,12-20)21-18(24)14(3)25-17(23)11-10-16(22)15-8-6-5-7-9-15/h5-9,13-14H,10-11H2,1-4H3,(H,21,24)/t14-,19+/m1/s1. The van der Waals surface area contributed by atoms with Gasteiger partial charge < -0.3 is 10.1 Å². The number of nitrogens with one attached hydrogen (secondary N) is 1. The van der Waals surface area contributed by atoms with Crippen molar-refractivity contribution in [2.24, 2.45) is 5.92 Å².